The van der Waals surface area contributed by atoms with E-state index in [-0.39, 0.29) is 68.7 Å². The Hall–Kier alpha value is -6.01. The van der Waals surface area contributed by atoms with Gasteiger partial charge in [-0.15, -0.1) is 0 Å². The summed E-state index contributed by atoms with van der Waals surface area (Å²) in [5.74, 6) is -6.63. The van der Waals surface area contributed by atoms with E-state index in [0.717, 1.165) is 6.08 Å². The maximum Gasteiger partial charge on any atom is 0.290 e. The lowest BCUT2D eigenvalue weighted by molar-refractivity contribution is -0.144. The predicted molar refractivity (Wildman–Crippen MR) is 218 cm³/mol. The van der Waals surface area contributed by atoms with Crippen LogP contribution in [-0.4, -0.2) is 119 Å². The van der Waals surface area contributed by atoms with Gasteiger partial charge in [-0.1, -0.05) is 52.3 Å². The van der Waals surface area contributed by atoms with Crippen molar-refractivity contribution in [3.8, 4) is 5.75 Å². The predicted octanol–water partition coefficient (Wildman–Crippen LogP) is -1.23. The Bertz CT molecular complexity index is 1750. The summed E-state index contributed by atoms with van der Waals surface area (Å²) in [5, 5.41) is 25.7. The van der Waals surface area contributed by atoms with E-state index >= 15 is 0 Å². The van der Waals surface area contributed by atoms with Gasteiger partial charge in [0.15, 0.2) is 5.96 Å². The summed E-state index contributed by atoms with van der Waals surface area (Å²) in [6, 6.07) is -0.819. The van der Waals surface area contributed by atoms with E-state index in [1.165, 1.54) is 30.0 Å². The largest absolute Gasteiger partial charge is 0.508 e. The van der Waals surface area contributed by atoms with Gasteiger partial charge in [0.25, 0.3) is 5.91 Å². The number of nitrogens with one attached hydrogen (secondary N) is 6. The van der Waals surface area contributed by atoms with Gasteiger partial charge >= 0.3 is 0 Å². The van der Waals surface area contributed by atoms with Crippen molar-refractivity contribution >= 4 is 53.1 Å². The molecule has 0 saturated carbocycles. The fraction of sp³-hybridized carbons (Fsp3) is 0.575. The molecule has 0 bridgehead atoms. The van der Waals surface area contributed by atoms with E-state index in [9.17, 15) is 43.5 Å². The van der Waals surface area contributed by atoms with Crippen molar-refractivity contribution in [1.82, 2.24) is 36.8 Å². The third-order valence-corrected chi connectivity index (χ3v) is 10.1. The minimum atomic E-state index is -1.40. The fourth-order valence-corrected chi connectivity index (χ4v) is 6.64. The minimum Gasteiger partial charge on any atom is -0.508 e. The maximum atomic E-state index is 14.2. The standard InChI is InChI=1S/C40H60N10O9/c1-6-23(4)33-37(57)46-26(20-25-11-14-27(51)15-12-25)13-16-31(52)44-21-29(48-35(55)24(5)45-32(53)19-22(2)3)39(59)50-18-8-10-30(50)36(56)47-28(34(54)38(58)49-33)9-7-17-43-40(41)42/h11-16,22-24,26,28-30,33,51H,6-10,17-21H2,1-5H3,(H,44,52)(H,45,53)(H,46,57)(H,47,56)(H,48,55)(H,49,58)(H4,41,42,43)/b16-13+/t23-,24-,26+,28-,29-,30-,33-/m0/s1. The molecule has 7 amide bonds. The number of rotatable bonds is 13. The number of ketones is 1. The number of phenolic OH excluding ortho intramolecular Hbond substituents is 1. The van der Waals surface area contributed by atoms with Crippen molar-refractivity contribution < 1.29 is 43.5 Å². The van der Waals surface area contributed by atoms with E-state index < -0.39 is 89.9 Å². The van der Waals surface area contributed by atoms with E-state index in [2.05, 4.69) is 36.9 Å². The van der Waals surface area contributed by atoms with Crippen LogP contribution in [0.2, 0.25) is 0 Å². The van der Waals surface area contributed by atoms with Gasteiger partial charge in [0.05, 0.1) is 12.1 Å². The van der Waals surface area contributed by atoms with E-state index in [4.69, 9.17) is 11.5 Å². The molecule has 0 unspecified atom stereocenters. The summed E-state index contributed by atoms with van der Waals surface area (Å²) < 4.78 is 0. The van der Waals surface area contributed by atoms with Gasteiger partial charge < -0.3 is 53.4 Å². The number of hydrogen-bond donors (Lipinski definition) is 9. The normalized spacial score (nSPS) is 23.8. The highest BCUT2D eigenvalue weighted by Crippen LogP contribution is 2.20. The molecule has 0 aromatic heterocycles. The van der Waals surface area contributed by atoms with Crippen molar-refractivity contribution in [2.75, 3.05) is 19.6 Å². The summed E-state index contributed by atoms with van der Waals surface area (Å²) in [6.45, 7) is 8.43. The highest BCUT2D eigenvalue weighted by Gasteiger charge is 2.40. The zero-order valence-corrected chi connectivity index (χ0v) is 34.4. The molecule has 2 aliphatic heterocycles. The summed E-state index contributed by atoms with van der Waals surface area (Å²) >= 11 is 0. The number of phenols is 1. The third kappa shape index (κ3) is 15.0. The van der Waals surface area contributed by atoms with Crippen molar-refractivity contribution in [3.63, 3.8) is 0 Å². The quantitative estimate of drug-likeness (QED) is 0.0491. The number of carbonyl (C=O) groups excluding carboxylic acids is 8. The molecule has 1 aromatic carbocycles. The Morgan fingerprint density at radius 1 is 0.983 bits per heavy atom. The summed E-state index contributed by atoms with van der Waals surface area (Å²) in [7, 11) is 0. The van der Waals surface area contributed by atoms with Crippen LogP contribution in [0.5, 0.6) is 5.75 Å². The first-order chi connectivity index (χ1) is 27.9. The van der Waals surface area contributed by atoms with Gasteiger partial charge in [0.2, 0.25) is 41.2 Å². The van der Waals surface area contributed by atoms with Crippen molar-refractivity contribution in [2.45, 2.75) is 116 Å². The van der Waals surface area contributed by atoms with Crippen molar-refractivity contribution in [2.24, 2.45) is 28.3 Å². The second kappa shape index (κ2) is 22.8. The molecule has 2 heterocycles. The lowest BCUT2D eigenvalue weighted by atomic mass is 9.96. The summed E-state index contributed by atoms with van der Waals surface area (Å²) in [6.07, 6.45) is 3.99. The van der Waals surface area contributed by atoms with Gasteiger partial charge in [-0.3, -0.25) is 43.3 Å². The molecule has 0 radical (unpaired) electrons. The van der Waals surface area contributed by atoms with Crippen LogP contribution in [0.3, 0.4) is 0 Å². The number of aromatic hydroxyl groups is 1. The topological polar surface area (TPSA) is 297 Å². The second-order valence-corrected chi connectivity index (χ2v) is 15.4. The van der Waals surface area contributed by atoms with Gasteiger partial charge in [0, 0.05) is 32.1 Å². The van der Waals surface area contributed by atoms with Crippen LogP contribution in [0.1, 0.15) is 78.7 Å². The van der Waals surface area contributed by atoms with Gasteiger partial charge in [-0.2, -0.15) is 0 Å². The van der Waals surface area contributed by atoms with Crippen LogP contribution in [0.25, 0.3) is 0 Å². The SMILES string of the molecule is CC[C@H](C)[C@@H]1NC(=O)C(=O)[C@H](CCCN=C(N)N)NC(=O)[C@@H]2CCCN2C(=O)[C@@H](NC(=O)[C@H](C)NC(=O)CC(C)C)CNC(=O)/C=C/[C@H](Cc2ccc(O)cc2)NC1=O. The summed E-state index contributed by atoms with van der Waals surface area (Å²) in [5.41, 5.74) is 11.6. The molecule has 3 rings (SSSR count). The first-order valence-electron chi connectivity index (χ1n) is 20.0. The Kier molecular flexibility index (Phi) is 18.3. The number of Topliss-reactive ketones (excluding diaryl/α,β-unsaturated/α-hetero) is 1. The first-order valence-corrected chi connectivity index (χ1v) is 20.0. The third-order valence-electron chi connectivity index (χ3n) is 10.1. The molecule has 19 heteroatoms. The number of hydrogen-bond acceptors (Lipinski definition) is 10. The monoisotopic (exact) mass is 824 g/mol. The maximum absolute atomic E-state index is 14.2. The molecular weight excluding hydrogens is 765 g/mol. The molecule has 0 spiro atoms. The number of fused-ring (bicyclic) bond motifs is 1. The highest BCUT2D eigenvalue weighted by atomic mass is 16.3. The number of guanidine groups is 1. The van der Waals surface area contributed by atoms with E-state index in [1.807, 2.05) is 13.8 Å². The zero-order valence-electron chi connectivity index (χ0n) is 34.4. The van der Waals surface area contributed by atoms with Crippen LogP contribution in [-0.2, 0) is 44.8 Å². The highest BCUT2D eigenvalue weighted by molar-refractivity contribution is 6.38. The van der Waals surface area contributed by atoms with Crippen LogP contribution in [0.4, 0.5) is 0 Å². The van der Waals surface area contributed by atoms with Gasteiger partial charge in [0.1, 0.15) is 29.9 Å². The number of nitrogens with two attached hydrogens (primary N) is 2. The summed E-state index contributed by atoms with van der Waals surface area (Å²) in [4.78, 5) is 114. The first kappa shape index (κ1) is 47.4. The minimum absolute atomic E-state index is 0.0203. The lowest BCUT2D eigenvalue weighted by Gasteiger charge is -2.30. The van der Waals surface area contributed by atoms with Crippen molar-refractivity contribution in [3.05, 3.63) is 42.0 Å². The Morgan fingerprint density at radius 3 is 2.32 bits per heavy atom. The van der Waals surface area contributed by atoms with Gasteiger partial charge in [-0.05, 0) is 68.6 Å². The average molecular weight is 825 g/mol. The van der Waals surface area contributed by atoms with E-state index in [0.29, 0.717) is 18.4 Å². The molecule has 1 saturated heterocycles. The van der Waals surface area contributed by atoms with Crippen molar-refractivity contribution in [1.29, 1.82) is 0 Å². The molecule has 59 heavy (non-hydrogen) atoms. The van der Waals surface area contributed by atoms with Crippen LogP contribution >= 0.6 is 0 Å². The number of nitrogens with zero attached hydrogens (tertiary/aromatic N) is 2. The molecule has 2 aliphatic rings. The van der Waals surface area contributed by atoms with E-state index in [1.54, 1.807) is 26.0 Å². The molecule has 11 N–H and O–H groups in total. The zero-order chi connectivity index (χ0) is 43.8. The fourth-order valence-electron chi connectivity index (χ4n) is 6.64. The number of aliphatic imine (C=N–C) groups is 1. The Balaban J connectivity index is 2.05. The molecule has 19 nitrogen and oxygen atoms in total. The van der Waals surface area contributed by atoms with Crippen LogP contribution < -0.4 is 43.4 Å². The smallest absolute Gasteiger partial charge is 0.290 e. The number of amides is 7. The Morgan fingerprint density at radius 2 is 1.68 bits per heavy atom. The Labute approximate surface area is 344 Å². The number of benzene rings is 1. The molecular formula is C40H60N10O9. The molecule has 1 aromatic rings. The molecule has 0 aliphatic carbocycles. The average Bonchev–Trinajstić information content (AvgIpc) is 3.68. The molecule has 324 valence electrons. The lowest BCUT2D eigenvalue weighted by Crippen LogP contribution is -2.60. The number of carbonyl (C=O) groups is 8. The van der Waals surface area contributed by atoms with Crippen LogP contribution in [0.15, 0.2) is 41.4 Å². The second-order valence-electron chi connectivity index (χ2n) is 15.4. The molecule has 1 fully saturated rings. The van der Waals surface area contributed by atoms with Gasteiger partial charge in [-0.25, -0.2) is 0 Å². The van der Waals surface area contributed by atoms with Crippen LogP contribution in [0, 0.1) is 11.8 Å². The molecule has 7 atom stereocenters.